The van der Waals surface area contributed by atoms with Gasteiger partial charge in [0.05, 0.1) is 16.5 Å². The van der Waals surface area contributed by atoms with Crippen LogP contribution in [-0.2, 0) is 9.59 Å². The highest BCUT2D eigenvalue weighted by Gasteiger charge is 2.45. The van der Waals surface area contributed by atoms with Crippen LogP contribution >= 0.6 is 0 Å². The Balaban J connectivity index is 2.07. The predicted molar refractivity (Wildman–Crippen MR) is 117 cm³/mol. The number of ketones is 1. The van der Waals surface area contributed by atoms with Crippen LogP contribution in [0.1, 0.15) is 55.3 Å². The molecule has 1 saturated heterocycles. The largest absolute Gasteiger partial charge is 0.507 e. The molecule has 0 aromatic heterocycles. The summed E-state index contributed by atoms with van der Waals surface area (Å²) >= 11 is 0. The molecule has 0 radical (unpaired) electrons. The number of hydrogen-bond acceptors (Lipinski definition) is 5. The number of likely N-dealkylation sites (tertiary alicyclic amines) is 1. The molecule has 1 aliphatic rings. The van der Waals surface area contributed by atoms with E-state index in [0.717, 1.165) is 31.2 Å². The van der Waals surface area contributed by atoms with Gasteiger partial charge < -0.3 is 10.0 Å². The average Bonchev–Trinajstić information content (AvgIpc) is 3.01. The first-order chi connectivity index (χ1) is 14.8. The number of Topliss-reactive ketones (excluding diaryl/α,β-unsaturated/α-hetero) is 1. The molecule has 1 unspecified atom stereocenters. The Hall–Kier alpha value is -3.48. The van der Waals surface area contributed by atoms with Gasteiger partial charge >= 0.3 is 0 Å². The van der Waals surface area contributed by atoms with Crippen molar-refractivity contribution in [2.75, 3.05) is 6.54 Å². The zero-order valence-corrected chi connectivity index (χ0v) is 17.7. The third kappa shape index (κ3) is 4.66. The number of aryl methyl sites for hydroxylation is 1. The summed E-state index contributed by atoms with van der Waals surface area (Å²) in [6.07, 6.45) is 3.72. The predicted octanol–water partition coefficient (Wildman–Crippen LogP) is 4.91. The summed E-state index contributed by atoms with van der Waals surface area (Å²) in [6, 6.07) is 12.0. The van der Waals surface area contributed by atoms with E-state index in [1.165, 1.54) is 29.2 Å². The van der Waals surface area contributed by atoms with Crippen molar-refractivity contribution in [3.63, 3.8) is 0 Å². The van der Waals surface area contributed by atoms with Gasteiger partial charge in [0.1, 0.15) is 5.76 Å². The molecule has 1 aliphatic heterocycles. The van der Waals surface area contributed by atoms with Crippen LogP contribution < -0.4 is 0 Å². The average molecular weight is 422 g/mol. The van der Waals surface area contributed by atoms with Crippen LogP contribution in [0.3, 0.4) is 0 Å². The summed E-state index contributed by atoms with van der Waals surface area (Å²) < 4.78 is 0. The molecule has 7 heteroatoms. The minimum absolute atomic E-state index is 0.0122. The van der Waals surface area contributed by atoms with Crippen LogP contribution in [0.25, 0.3) is 5.76 Å². The first-order valence-electron chi connectivity index (χ1n) is 10.4. The Kier molecular flexibility index (Phi) is 6.84. The van der Waals surface area contributed by atoms with Gasteiger partial charge in [-0.05, 0) is 31.0 Å². The molecule has 0 bridgehead atoms. The smallest absolute Gasteiger partial charge is 0.295 e. The molecular formula is C24H26N2O5. The summed E-state index contributed by atoms with van der Waals surface area (Å²) in [7, 11) is 0. The van der Waals surface area contributed by atoms with Gasteiger partial charge in [-0.3, -0.25) is 19.7 Å². The van der Waals surface area contributed by atoms with Gasteiger partial charge in [-0.1, -0.05) is 56.0 Å². The molecule has 1 N–H and O–H groups in total. The number of aliphatic hydroxyl groups excluding tert-OH is 1. The van der Waals surface area contributed by atoms with Crippen molar-refractivity contribution in [3.05, 3.63) is 80.9 Å². The van der Waals surface area contributed by atoms with Crippen molar-refractivity contribution in [1.29, 1.82) is 0 Å². The van der Waals surface area contributed by atoms with Crippen LogP contribution in [0.5, 0.6) is 0 Å². The first kappa shape index (κ1) is 22.2. The number of non-ortho nitro benzene ring substituents is 1. The monoisotopic (exact) mass is 422 g/mol. The lowest BCUT2D eigenvalue weighted by Gasteiger charge is -2.25. The van der Waals surface area contributed by atoms with Crippen molar-refractivity contribution >= 4 is 23.1 Å². The fourth-order valence-electron chi connectivity index (χ4n) is 3.81. The van der Waals surface area contributed by atoms with Crippen LogP contribution in [-0.4, -0.2) is 33.2 Å². The zero-order chi connectivity index (χ0) is 22.5. The van der Waals surface area contributed by atoms with E-state index in [1.807, 2.05) is 19.1 Å². The van der Waals surface area contributed by atoms with Crippen LogP contribution in [0, 0.1) is 17.0 Å². The number of nitro groups is 1. The number of nitrogens with zero attached hydrogens (tertiary/aromatic N) is 2. The molecule has 0 spiro atoms. The van der Waals surface area contributed by atoms with E-state index in [1.54, 1.807) is 12.1 Å². The van der Waals surface area contributed by atoms with Gasteiger partial charge in [0.25, 0.3) is 17.4 Å². The van der Waals surface area contributed by atoms with E-state index < -0.39 is 22.7 Å². The van der Waals surface area contributed by atoms with Crippen molar-refractivity contribution in [1.82, 2.24) is 4.90 Å². The Morgan fingerprint density at radius 1 is 1.03 bits per heavy atom. The lowest BCUT2D eigenvalue weighted by Crippen LogP contribution is -2.30. The van der Waals surface area contributed by atoms with E-state index in [2.05, 4.69) is 6.92 Å². The lowest BCUT2D eigenvalue weighted by atomic mass is 9.95. The fraction of sp³-hybridized carbons (Fsp3) is 0.333. The molecule has 3 rings (SSSR count). The number of benzene rings is 2. The number of aliphatic hydroxyl groups is 1. The number of carbonyl (C=O) groups is 2. The van der Waals surface area contributed by atoms with Crippen LogP contribution in [0.15, 0.2) is 54.1 Å². The maximum Gasteiger partial charge on any atom is 0.295 e. The van der Waals surface area contributed by atoms with E-state index in [0.29, 0.717) is 17.7 Å². The molecule has 1 heterocycles. The number of amides is 1. The van der Waals surface area contributed by atoms with Gasteiger partial charge in [0.2, 0.25) is 0 Å². The Morgan fingerprint density at radius 2 is 1.68 bits per heavy atom. The van der Waals surface area contributed by atoms with E-state index >= 15 is 0 Å². The number of carbonyl (C=O) groups excluding carboxylic acids is 2. The third-order valence-electron chi connectivity index (χ3n) is 5.54. The summed E-state index contributed by atoms with van der Waals surface area (Å²) in [5, 5.41) is 22.0. The van der Waals surface area contributed by atoms with Gasteiger partial charge in [-0.25, -0.2) is 0 Å². The lowest BCUT2D eigenvalue weighted by molar-refractivity contribution is -0.384. The number of hydrogen-bond donors (Lipinski definition) is 1. The molecular weight excluding hydrogens is 396 g/mol. The molecule has 162 valence electrons. The maximum atomic E-state index is 12.9. The van der Waals surface area contributed by atoms with Crippen molar-refractivity contribution in [3.8, 4) is 0 Å². The zero-order valence-electron chi connectivity index (χ0n) is 17.7. The molecule has 7 nitrogen and oxygen atoms in total. The third-order valence-corrected chi connectivity index (χ3v) is 5.54. The summed E-state index contributed by atoms with van der Waals surface area (Å²) in [5.41, 5.74) is 1.93. The van der Waals surface area contributed by atoms with E-state index in [9.17, 15) is 24.8 Å². The summed E-state index contributed by atoms with van der Waals surface area (Å²) in [5.74, 6) is -1.64. The van der Waals surface area contributed by atoms with Crippen molar-refractivity contribution in [2.24, 2.45) is 0 Å². The molecule has 31 heavy (non-hydrogen) atoms. The van der Waals surface area contributed by atoms with Gasteiger partial charge in [-0.2, -0.15) is 0 Å². The second kappa shape index (κ2) is 9.55. The number of nitro benzene ring substituents is 1. The summed E-state index contributed by atoms with van der Waals surface area (Å²) in [6.45, 7) is 4.37. The molecule has 1 fully saturated rings. The second-order valence-corrected chi connectivity index (χ2v) is 7.77. The number of rotatable bonds is 8. The molecule has 2 aromatic rings. The standard InChI is InChI=1S/C24H26N2O5/c1-3-4-5-6-15-25-21(17-11-13-19(14-12-17)26(30)31)20(23(28)24(25)29)22(27)18-9-7-16(2)8-10-18/h7-14,21,27H,3-6,15H2,1-2H3. The minimum atomic E-state index is -0.788. The van der Waals surface area contributed by atoms with E-state index in [4.69, 9.17) is 0 Å². The fourth-order valence-corrected chi connectivity index (χ4v) is 3.81. The maximum absolute atomic E-state index is 12.9. The molecule has 0 aliphatic carbocycles. The van der Waals surface area contributed by atoms with Crippen molar-refractivity contribution in [2.45, 2.75) is 45.6 Å². The molecule has 2 aromatic carbocycles. The van der Waals surface area contributed by atoms with Gasteiger partial charge in [0.15, 0.2) is 0 Å². The highest BCUT2D eigenvalue weighted by Crippen LogP contribution is 2.40. The molecule has 0 saturated carbocycles. The highest BCUT2D eigenvalue weighted by molar-refractivity contribution is 6.46. The van der Waals surface area contributed by atoms with E-state index in [-0.39, 0.29) is 17.0 Å². The summed E-state index contributed by atoms with van der Waals surface area (Å²) in [4.78, 5) is 37.8. The number of unbranched alkanes of at least 4 members (excludes halogenated alkanes) is 3. The highest BCUT2D eigenvalue weighted by atomic mass is 16.6. The Bertz CT molecular complexity index is 1010. The first-order valence-corrected chi connectivity index (χ1v) is 10.4. The van der Waals surface area contributed by atoms with Gasteiger partial charge in [-0.15, -0.1) is 0 Å². The topological polar surface area (TPSA) is 101 Å². The van der Waals surface area contributed by atoms with Crippen LogP contribution in [0.4, 0.5) is 5.69 Å². The Labute approximate surface area is 181 Å². The quantitative estimate of drug-likeness (QED) is 0.163. The van der Waals surface area contributed by atoms with Gasteiger partial charge in [0, 0.05) is 24.2 Å². The minimum Gasteiger partial charge on any atom is -0.507 e. The van der Waals surface area contributed by atoms with Crippen LogP contribution in [0.2, 0.25) is 0 Å². The second-order valence-electron chi connectivity index (χ2n) is 7.77. The Morgan fingerprint density at radius 3 is 2.26 bits per heavy atom. The normalized spacial score (nSPS) is 17.9. The van der Waals surface area contributed by atoms with Crippen molar-refractivity contribution < 1.29 is 19.6 Å². The SMILES string of the molecule is CCCCCCN1C(=O)C(=O)C(=C(O)c2ccc(C)cc2)C1c1ccc([N+](=O)[O-])cc1. The molecule has 1 atom stereocenters. The molecule has 1 amide bonds.